The van der Waals surface area contributed by atoms with Gasteiger partial charge in [-0.25, -0.2) is 12.8 Å². The second-order valence-corrected chi connectivity index (χ2v) is 16.0. The molecule has 0 aliphatic carbocycles. The van der Waals surface area contributed by atoms with Gasteiger partial charge < -0.3 is 19.6 Å². The van der Waals surface area contributed by atoms with Crippen LogP contribution in [0.15, 0.2) is 47.4 Å². The molecule has 1 N–H and O–H groups in total. The molecule has 0 saturated carbocycles. The highest BCUT2D eigenvalue weighted by Crippen LogP contribution is 2.40. The van der Waals surface area contributed by atoms with Crippen LogP contribution >= 0.6 is 11.8 Å². The SMILES string of the molecule is CS(=O)(=O)N1CCc2c(c(-c3ccc(C(F)(F)F)c(SCC(=O)N4CCOCC4)c3)nn2CC(O)CN2CCC(c3ccccc3F)CC2)C1. The average Bonchev–Trinajstić information content (AvgIpc) is 3.44. The van der Waals surface area contributed by atoms with E-state index in [0.29, 0.717) is 80.4 Å². The smallest absolute Gasteiger partial charge is 0.390 e. The number of hydrogen-bond acceptors (Lipinski definition) is 8. The van der Waals surface area contributed by atoms with Gasteiger partial charge in [-0.1, -0.05) is 24.3 Å². The van der Waals surface area contributed by atoms with Gasteiger partial charge in [0.1, 0.15) is 5.82 Å². The van der Waals surface area contributed by atoms with Crippen LogP contribution < -0.4 is 0 Å². The monoisotopic (exact) mass is 739 g/mol. The number of benzene rings is 2. The van der Waals surface area contributed by atoms with Crippen LogP contribution in [0.1, 0.15) is 41.1 Å². The number of carbonyl (C=O) groups excluding carboxylic acids is 1. The van der Waals surface area contributed by atoms with Crippen molar-refractivity contribution in [2.24, 2.45) is 0 Å². The first kappa shape index (κ1) is 36.8. The van der Waals surface area contributed by atoms with Crippen LogP contribution in [0.2, 0.25) is 0 Å². The van der Waals surface area contributed by atoms with E-state index in [2.05, 4.69) is 4.90 Å². The summed E-state index contributed by atoms with van der Waals surface area (Å²) in [6, 6.07) is 10.4. The number of aliphatic hydroxyl groups is 1. The zero-order valence-corrected chi connectivity index (χ0v) is 29.4. The standard InChI is InChI=1S/C34H41F4N5O5S2/c1-50(46,47)42-13-10-30-27(21-42)33(24-6-7-28(34(36,37)38)31(18-24)49-22-32(45)41-14-16-48-17-15-41)39-43(30)20-25(44)19-40-11-8-23(9-12-40)26-4-2-3-5-29(26)35/h2-7,18,23,25,44H,8-17,19-22H2,1H3. The van der Waals surface area contributed by atoms with Crippen LogP contribution in [-0.2, 0) is 45.2 Å². The van der Waals surface area contributed by atoms with E-state index in [-0.39, 0.29) is 47.9 Å². The molecule has 3 aliphatic rings. The first-order chi connectivity index (χ1) is 23.8. The maximum absolute atomic E-state index is 14.3. The quantitative estimate of drug-likeness (QED) is 0.244. The second kappa shape index (κ2) is 15.3. The Bertz CT molecular complexity index is 1790. The van der Waals surface area contributed by atoms with Crippen LogP contribution in [-0.4, -0.2) is 114 Å². The number of amides is 1. The van der Waals surface area contributed by atoms with E-state index in [0.717, 1.165) is 36.9 Å². The number of ether oxygens (including phenoxy) is 1. The summed E-state index contributed by atoms with van der Waals surface area (Å²) >= 11 is 0.804. The number of thioether (sulfide) groups is 1. The number of nitrogens with zero attached hydrogens (tertiary/aromatic N) is 5. The molecule has 1 atom stereocenters. The van der Waals surface area contributed by atoms with E-state index in [4.69, 9.17) is 9.84 Å². The van der Waals surface area contributed by atoms with Crippen molar-refractivity contribution in [3.05, 3.63) is 70.7 Å². The van der Waals surface area contributed by atoms with Crippen molar-refractivity contribution in [2.75, 3.05) is 64.5 Å². The molecule has 0 spiro atoms. The second-order valence-electron chi connectivity index (χ2n) is 13.0. The number of likely N-dealkylation sites (tertiary alicyclic amines) is 1. The summed E-state index contributed by atoms with van der Waals surface area (Å²) in [4.78, 5) is 16.4. The van der Waals surface area contributed by atoms with Gasteiger partial charge in [0.2, 0.25) is 15.9 Å². The Morgan fingerprint density at radius 2 is 1.78 bits per heavy atom. The number of fused-ring (bicyclic) bond motifs is 1. The highest BCUT2D eigenvalue weighted by molar-refractivity contribution is 8.00. The average molecular weight is 740 g/mol. The van der Waals surface area contributed by atoms with Gasteiger partial charge in [-0.15, -0.1) is 11.8 Å². The van der Waals surface area contributed by atoms with Gasteiger partial charge >= 0.3 is 6.18 Å². The Balaban J connectivity index is 1.22. The van der Waals surface area contributed by atoms with Crippen molar-refractivity contribution >= 4 is 27.7 Å². The van der Waals surface area contributed by atoms with E-state index in [1.165, 1.54) is 22.5 Å². The van der Waals surface area contributed by atoms with Crippen LogP contribution in [0.4, 0.5) is 17.6 Å². The fourth-order valence-corrected chi connectivity index (χ4v) is 8.78. The molecular formula is C34H41F4N5O5S2. The van der Waals surface area contributed by atoms with Crippen LogP contribution in [0.5, 0.6) is 0 Å². The Labute approximate surface area is 293 Å². The Kier molecular flexibility index (Phi) is 11.2. The summed E-state index contributed by atoms with van der Waals surface area (Å²) in [5.41, 5.74) is 1.81. The van der Waals surface area contributed by atoms with E-state index in [1.54, 1.807) is 15.6 Å². The zero-order valence-electron chi connectivity index (χ0n) is 27.7. The lowest BCUT2D eigenvalue weighted by Crippen LogP contribution is -2.41. The Morgan fingerprint density at radius 1 is 1.06 bits per heavy atom. The van der Waals surface area contributed by atoms with Crippen LogP contribution in [0.25, 0.3) is 11.3 Å². The lowest BCUT2D eigenvalue weighted by molar-refractivity contribution is -0.139. The van der Waals surface area contributed by atoms with Gasteiger partial charge in [0.05, 0.1) is 49.1 Å². The van der Waals surface area contributed by atoms with Crippen molar-refractivity contribution in [2.45, 2.75) is 55.4 Å². The van der Waals surface area contributed by atoms with Crippen molar-refractivity contribution in [3.63, 3.8) is 0 Å². The number of hydrogen-bond donors (Lipinski definition) is 1. The maximum Gasteiger partial charge on any atom is 0.417 e. The molecule has 0 radical (unpaired) electrons. The number of rotatable bonds is 10. The fourth-order valence-electron chi connectivity index (χ4n) is 6.99. The highest BCUT2D eigenvalue weighted by atomic mass is 32.2. The summed E-state index contributed by atoms with van der Waals surface area (Å²) < 4.78 is 90.0. The van der Waals surface area contributed by atoms with E-state index >= 15 is 0 Å². The van der Waals surface area contributed by atoms with Gasteiger partial charge in [0.25, 0.3) is 0 Å². The minimum Gasteiger partial charge on any atom is -0.390 e. The summed E-state index contributed by atoms with van der Waals surface area (Å²) in [7, 11) is -3.58. The molecule has 50 heavy (non-hydrogen) atoms. The summed E-state index contributed by atoms with van der Waals surface area (Å²) in [5.74, 6) is -0.579. The van der Waals surface area contributed by atoms with Crippen molar-refractivity contribution < 1.29 is 40.6 Å². The number of morpholine rings is 1. The molecule has 2 saturated heterocycles. The van der Waals surface area contributed by atoms with Gasteiger partial charge in [0.15, 0.2) is 0 Å². The first-order valence-electron chi connectivity index (χ1n) is 16.7. The van der Waals surface area contributed by atoms with E-state index < -0.39 is 27.9 Å². The number of β-amino-alcohol motifs (C(OH)–C–C–N with tert-alkyl or cyclic N) is 1. The lowest BCUT2D eigenvalue weighted by Gasteiger charge is -2.33. The molecular weight excluding hydrogens is 699 g/mol. The molecule has 10 nitrogen and oxygen atoms in total. The molecule has 272 valence electrons. The molecule has 3 aromatic rings. The van der Waals surface area contributed by atoms with Crippen LogP contribution in [0, 0.1) is 5.82 Å². The van der Waals surface area contributed by atoms with Gasteiger partial charge in [-0.2, -0.15) is 22.6 Å². The van der Waals surface area contributed by atoms with Gasteiger partial charge in [-0.05, 0) is 55.6 Å². The van der Waals surface area contributed by atoms with Gasteiger partial charge in [0, 0.05) is 60.9 Å². The first-order valence-corrected chi connectivity index (χ1v) is 19.5. The lowest BCUT2D eigenvalue weighted by atomic mass is 9.89. The third kappa shape index (κ3) is 8.53. The number of alkyl halides is 3. The number of piperidine rings is 1. The highest BCUT2D eigenvalue weighted by Gasteiger charge is 2.36. The fraction of sp³-hybridized carbons (Fsp3) is 0.529. The molecule has 2 aromatic carbocycles. The molecule has 1 amide bonds. The zero-order chi connectivity index (χ0) is 35.6. The molecule has 4 heterocycles. The largest absolute Gasteiger partial charge is 0.417 e. The normalized spacial score (nSPS) is 19.0. The number of sulfonamides is 1. The third-order valence-corrected chi connectivity index (χ3v) is 11.9. The van der Waals surface area contributed by atoms with Crippen molar-refractivity contribution in [1.82, 2.24) is 23.9 Å². The topological polar surface area (TPSA) is 108 Å². The maximum atomic E-state index is 14.3. The number of aromatic nitrogens is 2. The number of carbonyl (C=O) groups is 1. The summed E-state index contributed by atoms with van der Waals surface area (Å²) in [6.45, 7) is 3.52. The van der Waals surface area contributed by atoms with E-state index in [9.17, 15) is 35.9 Å². The molecule has 6 rings (SSSR count). The molecule has 2 fully saturated rings. The third-order valence-electron chi connectivity index (χ3n) is 9.63. The van der Waals surface area contributed by atoms with Crippen molar-refractivity contribution in [1.29, 1.82) is 0 Å². The molecule has 16 heteroatoms. The molecule has 1 unspecified atom stereocenters. The Hall–Kier alpha value is -3.02. The molecule has 3 aliphatic heterocycles. The predicted octanol–water partition coefficient (Wildman–Crippen LogP) is 4.22. The number of aliphatic hydroxyl groups excluding tert-OH is 1. The molecule has 1 aromatic heterocycles. The predicted molar refractivity (Wildman–Crippen MR) is 181 cm³/mol. The Morgan fingerprint density at radius 3 is 2.46 bits per heavy atom. The minimum atomic E-state index is -4.66. The summed E-state index contributed by atoms with van der Waals surface area (Å²) in [6.07, 6.45) is -2.57. The summed E-state index contributed by atoms with van der Waals surface area (Å²) in [5, 5.41) is 16.0. The van der Waals surface area contributed by atoms with Gasteiger partial charge in [-0.3, -0.25) is 9.48 Å². The van der Waals surface area contributed by atoms with Crippen molar-refractivity contribution in [3.8, 4) is 11.3 Å². The molecule has 0 bridgehead atoms. The van der Waals surface area contributed by atoms with E-state index in [1.807, 2.05) is 12.1 Å². The minimum absolute atomic E-state index is 0.0117. The van der Waals surface area contributed by atoms with Crippen LogP contribution in [0.3, 0.4) is 0 Å². The number of halogens is 4.